The first-order valence-electron chi connectivity index (χ1n) is 12.7. The molecule has 0 bridgehead atoms. The molecule has 8 nitrogen and oxygen atoms in total. The maximum atomic E-state index is 12.9. The van der Waals surface area contributed by atoms with Crippen LogP contribution in [-0.2, 0) is 19.7 Å². The monoisotopic (exact) mass is 602 g/mol. The first kappa shape index (κ1) is 28.7. The Morgan fingerprint density at radius 1 is 0.452 bits per heavy atom. The summed E-state index contributed by atoms with van der Waals surface area (Å²) >= 11 is 0. The topological polar surface area (TPSA) is 127 Å². The highest BCUT2D eigenvalue weighted by atomic mass is 32.2. The average molecular weight is 603 g/mol. The van der Waals surface area contributed by atoms with E-state index in [1.165, 1.54) is 72.8 Å². The van der Waals surface area contributed by atoms with Gasteiger partial charge in [0.05, 0.1) is 19.6 Å². The molecule has 5 rings (SSSR count). The summed E-state index contributed by atoms with van der Waals surface area (Å²) in [6.07, 6.45) is 0. The zero-order valence-electron chi connectivity index (χ0n) is 22.6. The van der Waals surface area contributed by atoms with E-state index < -0.39 is 19.7 Å². The minimum atomic E-state index is -3.76. The highest BCUT2D eigenvalue weighted by Gasteiger charge is 2.19. The SMILES string of the molecule is Cc1cc(C)c(Oc2ccc(S(=O)(=O)c3ccc(O)cc3)cc2)cc1Oc1ccc(S(=O)(=O)c2ccc(O)cc2)cc1. The normalized spacial score (nSPS) is 11.7. The van der Waals surface area contributed by atoms with Crippen LogP contribution in [0.2, 0.25) is 0 Å². The number of rotatable bonds is 8. The molecule has 5 aromatic rings. The molecule has 5 aromatic carbocycles. The van der Waals surface area contributed by atoms with Crippen molar-refractivity contribution in [2.45, 2.75) is 33.4 Å². The number of sulfone groups is 2. The minimum absolute atomic E-state index is 0.0231. The number of hydrogen-bond acceptors (Lipinski definition) is 8. The van der Waals surface area contributed by atoms with Gasteiger partial charge in [0, 0.05) is 6.07 Å². The molecule has 42 heavy (non-hydrogen) atoms. The third-order valence-corrected chi connectivity index (χ3v) is 10.1. The molecule has 0 spiro atoms. The van der Waals surface area contributed by atoms with Gasteiger partial charge in [0.1, 0.15) is 34.5 Å². The molecule has 0 aliphatic carbocycles. The van der Waals surface area contributed by atoms with Crippen LogP contribution < -0.4 is 9.47 Å². The van der Waals surface area contributed by atoms with Gasteiger partial charge in [-0.2, -0.15) is 0 Å². The van der Waals surface area contributed by atoms with Crippen molar-refractivity contribution < 1.29 is 36.5 Å². The van der Waals surface area contributed by atoms with Crippen LogP contribution in [0.3, 0.4) is 0 Å². The average Bonchev–Trinajstić information content (AvgIpc) is 2.96. The zero-order valence-corrected chi connectivity index (χ0v) is 24.2. The number of phenols is 2. The van der Waals surface area contributed by atoms with Crippen LogP contribution >= 0.6 is 0 Å². The Morgan fingerprint density at radius 2 is 0.738 bits per heavy atom. The maximum Gasteiger partial charge on any atom is 0.206 e. The molecule has 10 heteroatoms. The lowest BCUT2D eigenvalue weighted by Crippen LogP contribution is -2.01. The molecule has 0 heterocycles. The van der Waals surface area contributed by atoms with E-state index >= 15 is 0 Å². The second-order valence-corrected chi connectivity index (χ2v) is 13.4. The third-order valence-electron chi connectivity index (χ3n) is 6.49. The fourth-order valence-corrected chi connectivity index (χ4v) is 6.71. The van der Waals surface area contributed by atoms with Gasteiger partial charge in [-0.15, -0.1) is 0 Å². The number of benzene rings is 5. The number of aromatic hydroxyl groups is 2. The van der Waals surface area contributed by atoms with Crippen molar-refractivity contribution >= 4 is 19.7 Å². The lowest BCUT2D eigenvalue weighted by atomic mass is 10.1. The predicted molar refractivity (Wildman–Crippen MR) is 156 cm³/mol. The number of hydrogen-bond donors (Lipinski definition) is 2. The van der Waals surface area contributed by atoms with E-state index in [0.717, 1.165) is 11.1 Å². The lowest BCUT2D eigenvalue weighted by molar-refractivity contribution is 0.455. The Morgan fingerprint density at radius 3 is 1.05 bits per heavy atom. The molecule has 0 fully saturated rings. The van der Waals surface area contributed by atoms with Crippen LogP contribution in [-0.4, -0.2) is 27.0 Å². The first-order valence-corrected chi connectivity index (χ1v) is 15.7. The Balaban J connectivity index is 1.33. The van der Waals surface area contributed by atoms with Crippen molar-refractivity contribution in [3.63, 3.8) is 0 Å². The van der Waals surface area contributed by atoms with Crippen LogP contribution in [0.5, 0.6) is 34.5 Å². The Kier molecular flexibility index (Phi) is 7.68. The van der Waals surface area contributed by atoms with Gasteiger partial charge in [-0.3, -0.25) is 0 Å². The van der Waals surface area contributed by atoms with Crippen molar-refractivity contribution in [3.05, 3.63) is 120 Å². The smallest absolute Gasteiger partial charge is 0.206 e. The fourth-order valence-electron chi connectivity index (χ4n) is 4.18. The van der Waals surface area contributed by atoms with Gasteiger partial charge in [0.25, 0.3) is 0 Å². The van der Waals surface area contributed by atoms with Crippen molar-refractivity contribution in [3.8, 4) is 34.5 Å². The molecular weight excluding hydrogens is 576 g/mol. The summed E-state index contributed by atoms with van der Waals surface area (Å²) in [6.45, 7) is 3.75. The van der Waals surface area contributed by atoms with Crippen LogP contribution in [0.25, 0.3) is 0 Å². The molecule has 0 amide bonds. The van der Waals surface area contributed by atoms with Crippen molar-refractivity contribution in [1.82, 2.24) is 0 Å². The van der Waals surface area contributed by atoms with Gasteiger partial charge in [0.15, 0.2) is 0 Å². The van der Waals surface area contributed by atoms with E-state index in [1.54, 1.807) is 30.3 Å². The van der Waals surface area contributed by atoms with Gasteiger partial charge < -0.3 is 19.7 Å². The van der Waals surface area contributed by atoms with E-state index in [-0.39, 0.29) is 31.1 Å². The van der Waals surface area contributed by atoms with Gasteiger partial charge in [-0.1, -0.05) is 0 Å². The predicted octanol–water partition coefficient (Wildman–Crippen LogP) is 6.96. The standard InChI is InChI=1S/C32H26O8S2/c1-21-19-22(2)32(40-26-9-17-30(18-10-26)42(37,38)28-13-5-24(34)6-14-28)20-31(21)39-25-7-15-29(16-8-25)41(35,36)27-11-3-23(33)4-12-27/h3-20,33-34H,1-2H3. The molecule has 2 N–H and O–H groups in total. The summed E-state index contributed by atoms with van der Waals surface area (Å²) in [6, 6.07) is 26.3. The highest BCUT2D eigenvalue weighted by molar-refractivity contribution is 7.91. The van der Waals surface area contributed by atoms with Crippen molar-refractivity contribution in [1.29, 1.82) is 0 Å². The summed E-state index contributed by atoms with van der Waals surface area (Å²) in [7, 11) is -7.53. The Bertz CT molecular complexity index is 1810. The van der Waals surface area contributed by atoms with Crippen LogP contribution in [0.15, 0.2) is 129 Å². The summed E-state index contributed by atoms with van der Waals surface area (Å²) in [5.41, 5.74) is 1.66. The van der Waals surface area contributed by atoms with E-state index in [0.29, 0.717) is 23.0 Å². The van der Waals surface area contributed by atoms with Gasteiger partial charge >= 0.3 is 0 Å². The second kappa shape index (κ2) is 11.2. The van der Waals surface area contributed by atoms with Crippen molar-refractivity contribution in [2.75, 3.05) is 0 Å². The maximum absolute atomic E-state index is 12.9. The number of ether oxygens (including phenoxy) is 2. The molecular formula is C32H26O8S2. The second-order valence-electron chi connectivity index (χ2n) is 9.52. The zero-order chi connectivity index (χ0) is 30.1. The number of phenolic OH excluding ortho intramolecular Hbond substituents is 2. The molecule has 0 saturated heterocycles. The molecule has 0 aromatic heterocycles. The van der Waals surface area contributed by atoms with E-state index in [4.69, 9.17) is 9.47 Å². The van der Waals surface area contributed by atoms with Crippen LogP contribution in [0, 0.1) is 13.8 Å². The highest BCUT2D eigenvalue weighted by Crippen LogP contribution is 2.35. The van der Waals surface area contributed by atoms with Gasteiger partial charge in [-0.25, -0.2) is 16.8 Å². The summed E-state index contributed by atoms with van der Waals surface area (Å²) in [5, 5.41) is 18.9. The summed E-state index contributed by atoms with van der Waals surface area (Å²) < 4.78 is 63.7. The molecule has 0 saturated carbocycles. The quantitative estimate of drug-likeness (QED) is 0.195. The summed E-state index contributed by atoms with van der Waals surface area (Å²) in [5.74, 6) is 1.78. The number of aryl methyl sites for hydroxylation is 2. The van der Waals surface area contributed by atoms with Gasteiger partial charge in [0.2, 0.25) is 19.7 Å². The van der Waals surface area contributed by atoms with E-state index in [1.807, 2.05) is 19.9 Å². The molecule has 214 valence electrons. The Hall–Kier alpha value is -4.80. The fraction of sp³-hybridized carbons (Fsp3) is 0.0625. The largest absolute Gasteiger partial charge is 0.508 e. The lowest BCUT2D eigenvalue weighted by Gasteiger charge is -2.15. The first-order chi connectivity index (χ1) is 19.9. The van der Waals surface area contributed by atoms with Crippen molar-refractivity contribution in [2.24, 2.45) is 0 Å². The Labute approximate surface area is 243 Å². The molecule has 0 radical (unpaired) electrons. The van der Waals surface area contributed by atoms with E-state index in [2.05, 4.69) is 0 Å². The molecule has 0 atom stereocenters. The van der Waals surface area contributed by atoms with Crippen LogP contribution in [0.1, 0.15) is 11.1 Å². The van der Waals surface area contributed by atoms with E-state index in [9.17, 15) is 27.0 Å². The summed E-state index contributed by atoms with van der Waals surface area (Å²) in [4.78, 5) is 0.300. The molecule has 0 aliphatic heterocycles. The third kappa shape index (κ3) is 5.95. The van der Waals surface area contributed by atoms with Gasteiger partial charge in [-0.05, 0) is 128 Å². The molecule has 0 aliphatic rings. The minimum Gasteiger partial charge on any atom is -0.508 e. The molecule has 0 unspecified atom stereocenters. The van der Waals surface area contributed by atoms with Crippen LogP contribution in [0.4, 0.5) is 0 Å².